The molecule has 0 aromatic heterocycles. The molecule has 1 aromatic carbocycles. The van der Waals surface area contributed by atoms with Crippen LogP contribution in [0.25, 0.3) is 0 Å². The van der Waals surface area contributed by atoms with Gasteiger partial charge in [0.25, 0.3) is 0 Å². The van der Waals surface area contributed by atoms with Gasteiger partial charge in [-0.1, -0.05) is 38.3 Å². The third kappa shape index (κ3) is 5.51. The highest BCUT2D eigenvalue weighted by molar-refractivity contribution is 7.89. The Kier molecular flexibility index (Phi) is 7.02. The van der Waals surface area contributed by atoms with Crippen molar-refractivity contribution in [1.29, 1.82) is 0 Å². The molecule has 0 bridgehead atoms. The highest BCUT2D eigenvalue weighted by Gasteiger charge is 2.18. The largest absolute Gasteiger partial charge is 0.384 e. The van der Waals surface area contributed by atoms with E-state index >= 15 is 0 Å². The van der Waals surface area contributed by atoms with Crippen LogP contribution in [0.4, 0.5) is 5.69 Å². The summed E-state index contributed by atoms with van der Waals surface area (Å²) in [5.74, 6) is 0. The molecule has 0 amide bonds. The summed E-state index contributed by atoms with van der Waals surface area (Å²) in [5.41, 5.74) is 0.678. The third-order valence-corrected chi connectivity index (χ3v) is 4.63. The average Bonchev–Trinajstić information content (AvgIpc) is 2.37. The second-order valence-corrected chi connectivity index (χ2v) is 6.94. The lowest BCUT2D eigenvalue weighted by molar-refractivity contribution is 0.570. The number of anilines is 1. The fourth-order valence-corrected chi connectivity index (χ4v) is 3.43. The van der Waals surface area contributed by atoms with Gasteiger partial charge in [-0.05, 0) is 32.4 Å². The average molecular weight is 298 g/mol. The monoisotopic (exact) mass is 298 g/mol. The molecule has 114 valence electrons. The van der Waals surface area contributed by atoms with E-state index in [1.54, 1.807) is 12.1 Å². The van der Waals surface area contributed by atoms with Gasteiger partial charge in [-0.2, -0.15) is 0 Å². The van der Waals surface area contributed by atoms with Gasteiger partial charge in [-0.3, -0.25) is 0 Å². The standard InChI is InChI=1S/C15H26N2O2S/c1-4-5-6-9-12-16-14-10-7-8-11-15(14)20(18,19)17-13(2)3/h7-8,10-11,13,16-17H,4-6,9,12H2,1-3H3. The number of hydrogen-bond acceptors (Lipinski definition) is 3. The molecule has 4 nitrogen and oxygen atoms in total. The lowest BCUT2D eigenvalue weighted by atomic mass is 10.2. The molecule has 0 atom stereocenters. The van der Waals surface area contributed by atoms with Crippen LogP contribution >= 0.6 is 0 Å². The number of sulfonamides is 1. The van der Waals surface area contributed by atoms with Crippen molar-refractivity contribution in [3.05, 3.63) is 24.3 Å². The number of hydrogen-bond donors (Lipinski definition) is 2. The maximum Gasteiger partial charge on any atom is 0.242 e. The van der Waals surface area contributed by atoms with E-state index in [-0.39, 0.29) is 6.04 Å². The molecule has 0 aliphatic rings. The fourth-order valence-electron chi connectivity index (χ4n) is 2.00. The quantitative estimate of drug-likeness (QED) is 0.687. The van der Waals surface area contributed by atoms with Crippen LogP contribution in [-0.2, 0) is 10.0 Å². The Labute approximate surface area is 123 Å². The summed E-state index contributed by atoms with van der Waals surface area (Å²) in [7, 11) is -3.45. The summed E-state index contributed by atoms with van der Waals surface area (Å²) in [6.07, 6.45) is 4.64. The van der Waals surface area contributed by atoms with Gasteiger partial charge in [0.15, 0.2) is 0 Å². The molecule has 5 heteroatoms. The molecular formula is C15H26N2O2S. The first-order valence-electron chi connectivity index (χ1n) is 7.32. The zero-order valence-electron chi connectivity index (χ0n) is 12.6. The van der Waals surface area contributed by atoms with Gasteiger partial charge in [0.05, 0.1) is 5.69 Å². The van der Waals surface area contributed by atoms with Crippen LogP contribution in [0.2, 0.25) is 0 Å². The molecule has 0 fully saturated rings. The molecule has 0 aliphatic heterocycles. The van der Waals surface area contributed by atoms with Crippen molar-refractivity contribution in [2.75, 3.05) is 11.9 Å². The molecule has 0 saturated heterocycles. The van der Waals surface area contributed by atoms with E-state index in [1.807, 2.05) is 26.0 Å². The molecule has 0 radical (unpaired) electrons. The molecule has 1 aromatic rings. The molecule has 0 spiro atoms. The first-order chi connectivity index (χ1) is 9.47. The smallest absolute Gasteiger partial charge is 0.242 e. The topological polar surface area (TPSA) is 58.2 Å². The van der Waals surface area contributed by atoms with Crippen molar-refractivity contribution in [3.8, 4) is 0 Å². The van der Waals surface area contributed by atoms with Gasteiger partial charge in [0, 0.05) is 12.6 Å². The normalized spacial score (nSPS) is 11.8. The summed E-state index contributed by atoms with van der Waals surface area (Å²) in [6, 6.07) is 6.94. The van der Waals surface area contributed by atoms with Crippen LogP contribution in [0.1, 0.15) is 46.5 Å². The Balaban J connectivity index is 2.73. The van der Waals surface area contributed by atoms with Crippen LogP contribution in [0, 0.1) is 0 Å². The zero-order valence-corrected chi connectivity index (χ0v) is 13.5. The first-order valence-corrected chi connectivity index (χ1v) is 8.81. The summed E-state index contributed by atoms with van der Waals surface area (Å²) in [4.78, 5) is 0.323. The van der Waals surface area contributed by atoms with Crippen molar-refractivity contribution in [2.45, 2.75) is 57.4 Å². The number of benzene rings is 1. The number of nitrogens with one attached hydrogen (secondary N) is 2. The van der Waals surface area contributed by atoms with Crippen molar-refractivity contribution in [2.24, 2.45) is 0 Å². The van der Waals surface area contributed by atoms with Gasteiger partial charge < -0.3 is 5.32 Å². The second kappa shape index (κ2) is 8.27. The van der Waals surface area contributed by atoms with Gasteiger partial charge >= 0.3 is 0 Å². The molecule has 20 heavy (non-hydrogen) atoms. The van der Waals surface area contributed by atoms with E-state index in [0.29, 0.717) is 10.6 Å². The Morgan fingerprint density at radius 1 is 1.10 bits per heavy atom. The molecule has 0 aliphatic carbocycles. The predicted molar refractivity (Wildman–Crippen MR) is 84.5 cm³/mol. The minimum absolute atomic E-state index is 0.113. The van der Waals surface area contributed by atoms with E-state index in [0.717, 1.165) is 13.0 Å². The van der Waals surface area contributed by atoms with Crippen molar-refractivity contribution in [1.82, 2.24) is 4.72 Å². The molecular weight excluding hydrogens is 272 g/mol. The van der Waals surface area contributed by atoms with Gasteiger partial charge in [-0.25, -0.2) is 13.1 Å². The number of rotatable bonds is 9. The Morgan fingerprint density at radius 2 is 1.80 bits per heavy atom. The first kappa shape index (κ1) is 17.0. The maximum absolute atomic E-state index is 12.2. The lowest BCUT2D eigenvalue weighted by Gasteiger charge is -2.14. The van der Waals surface area contributed by atoms with Crippen LogP contribution in [0.5, 0.6) is 0 Å². The van der Waals surface area contributed by atoms with Crippen molar-refractivity contribution in [3.63, 3.8) is 0 Å². The molecule has 0 unspecified atom stereocenters. The minimum Gasteiger partial charge on any atom is -0.384 e. The van der Waals surface area contributed by atoms with E-state index in [2.05, 4.69) is 17.0 Å². The predicted octanol–water partition coefficient (Wildman–Crippen LogP) is 3.37. The summed E-state index contributed by atoms with van der Waals surface area (Å²) < 4.78 is 27.1. The van der Waals surface area contributed by atoms with Crippen molar-refractivity contribution >= 4 is 15.7 Å². The Morgan fingerprint density at radius 3 is 2.45 bits per heavy atom. The van der Waals surface area contributed by atoms with Gasteiger partial charge in [0.2, 0.25) is 10.0 Å². The minimum atomic E-state index is -3.45. The lowest BCUT2D eigenvalue weighted by Crippen LogP contribution is -2.30. The fraction of sp³-hybridized carbons (Fsp3) is 0.600. The van der Waals surface area contributed by atoms with Gasteiger partial charge in [-0.15, -0.1) is 0 Å². The van der Waals surface area contributed by atoms with Crippen LogP contribution in [0.3, 0.4) is 0 Å². The summed E-state index contributed by atoms with van der Waals surface area (Å²) >= 11 is 0. The van der Waals surface area contributed by atoms with E-state index in [1.165, 1.54) is 19.3 Å². The third-order valence-electron chi connectivity index (χ3n) is 2.91. The molecule has 1 rings (SSSR count). The summed E-state index contributed by atoms with van der Waals surface area (Å²) in [6.45, 7) is 6.61. The van der Waals surface area contributed by atoms with Crippen LogP contribution in [0.15, 0.2) is 29.2 Å². The maximum atomic E-state index is 12.2. The Bertz CT molecular complexity index is 498. The van der Waals surface area contributed by atoms with Crippen LogP contribution in [-0.4, -0.2) is 21.0 Å². The highest BCUT2D eigenvalue weighted by Crippen LogP contribution is 2.21. The second-order valence-electron chi connectivity index (χ2n) is 5.26. The molecule has 0 saturated carbocycles. The SMILES string of the molecule is CCCCCCNc1ccccc1S(=O)(=O)NC(C)C. The summed E-state index contributed by atoms with van der Waals surface area (Å²) in [5, 5.41) is 3.23. The highest BCUT2D eigenvalue weighted by atomic mass is 32.2. The molecule has 0 heterocycles. The Hall–Kier alpha value is -1.07. The van der Waals surface area contributed by atoms with Crippen molar-refractivity contribution < 1.29 is 8.42 Å². The van der Waals surface area contributed by atoms with E-state index in [4.69, 9.17) is 0 Å². The van der Waals surface area contributed by atoms with E-state index < -0.39 is 10.0 Å². The van der Waals surface area contributed by atoms with Crippen LogP contribution < -0.4 is 10.0 Å². The number of para-hydroxylation sites is 1. The number of unbranched alkanes of at least 4 members (excludes halogenated alkanes) is 3. The molecule has 2 N–H and O–H groups in total. The zero-order chi connectivity index (χ0) is 15.0. The van der Waals surface area contributed by atoms with Gasteiger partial charge in [0.1, 0.15) is 4.90 Å². The van der Waals surface area contributed by atoms with E-state index in [9.17, 15) is 8.42 Å².